The van der Waals surface area contributed by atoms with Crippen LogP contribution in [0.5, 0.6) is 0 Å². The van der Waals surface area contributed by atoms with Crippen molar-refractivity contribution in [3.05, 3.63) is 17.5 Å². The molecule has 0 spiro atoms. The lowest BCUT2D eigenvalue weighted by atomic mass is 10.2. The Balaban J connectivity index is 1.75. The molecule has 1 aromatic heterocycles. The molecule has 26 heavy (non-hydrogen) atoms. The lowest BCUT2D eigenvalue weighted by Gasteiger charge is -2.21. The molecule has 2 rings (SSSR count). The molecule has 6 nitrogen and oxygen atoms in total. The normalized spacial score (nSPS) is 20.4. The third-order valence-electron chi connectivity index (χ3n) is 4.45. The minimum atomic E-state index is -4.15. The second-order valence-electron chi connectivity index (χ2n) is 7.15. The molecule has 1 aliphatic rings. The summed E-state index contributed by atoms with van der Waals surface area (Å²) in [6, 6.07) is 2.03. The first-order valence-corrected chi connectivity index (χ1v) is 8.93. The van der Waals surface area contributed by atoms with Gasteiger partial charge in [-0.25, -0.2) is 0 Å². The van der Waals surface area contributed by atoms with E-state index in [1.54, 1.807) is 7.05 Å². The summed E-state index contributed by atoms with van der Waals surface area (Å²) in [5.41, 5.74) is 2.14. The number of likely N-dealkylation sites (tertiary alicyclic amines) is 1. The zero-order chi connectivity index (χ0) is 19.3. The minimum absolute atomic E-state index is 0.0186. The highest BCUT2D eigenvalue weighted by atomic mass is 19.4. The first-order valence-electron chi connectivity index (χ1n) is 8.93. The van der Waals surface area contributed by atoms with Gasteiger partial charge in [0.1, 0.15) is 0 Å². The molecule has 2 N–H and O–H groups in total. The number of hydrogen-bond acceptors (Lipinski definition) is 3. The van der Waals surface area contributed by atoms with Crippen LogP contribution in [-0.2, 0) is 6.54 Å². The Morgan fingerprint density at radius 1 is 1.42 bits per heavy atom. The molecule has 0 amide bonds. The van der Waals surface area contributed by atoms with E-state index in [-0.39, 0.29) is 6.04 Å². The largest absolute Gasteiger partial charge is 0.401 e. The highest BCUT2D eigenvalue weighted by Crippen LogP contribution is 2.19. The van der Waals surface area contributed by atoms with Gasteiger partial charge in [-0.2, -0.15) is 18.3 Å². The quantitative estimate of drug-likeness (QED) is 0.590. The Labute approximate surface area is 152 Å². The van der Waals surface area contributed by atoms with Gasteiger partial charge in [0.15, 0.2) is 5.96 Å². The maximum Gasteiger partial charge on any atom is 0.401 e. The number of aliphatic imine (C=N–C) groups is 1. The summed E-state index contributed by atoms with van der Waals surface area (Å²) >= 11 is 0. The predicted octanol–water partition coefficient (Wildman–Crippen LogP) is 1.94. The van der Waals surface area contributed by atoms with E-state index in [0.29, 0.717) is 37.9 Å². The number of halogens is 3. The van der Waals surface area contributed by atoms with Crippen LogP contribution in [-0.4, -0.2) is 66.1 Å². The smallest absolute Gasteiger partial charge is 0.356 e. The topological polar surface area (TPSA) is 57.5 Å². The van der Waals surface area contributed by atoms with Crippen LogP contribution in [0.2, 0.25) is 0 Å². The number of aryl methyl sites for hydroxylation is 2. The second kappa shape index (κ2) is 8.75. The van der Waals surface area contributed by atoms with E-state index in [2.05, 4.69) is 27.6 Å². The molecular formula is C17H29F3N6. The summed E-state index contributed by atoms with van der Waals surface area (Å²) in [5.74, 6) is 0.959. The standard InChI is InChI=1S/C17H29F3N6/c1-12(9-26-14(3)7-13(2)24-26)8-22-16(21-4)23-15-5-6-25(10-15)11-17(18,19)20/h7,12,15H,5-6,8-11H2,1-4H3,(H2,21,22,23). The summed E-state index contributed by atoms with van der Waals surface area (Å²) in [6.07, 6.45) is -3.47. The molecule has 0 saturated carbocycles. The van der Waals surface area contributed by atoms with E-state index in [0.717, 1.165) is 17.9 Å². The van der Waals surface area contributed by atoms with Gasteiger partial charge < -0.3 is 10.6 Å². The van der Waals surface area contributed by atoms with Gasteiger partial charge >= 0.3 is 6.18 Å². The van der Waals surface area contributed by atoms with Crippen LogP contribution in [0.25, 0.3) is 0 Å². The summed E-state index contributed by atoms with van der Waals surface area (Å²) in [6.45, 7) is 7.61. The van der Waals surface area contributed by atoms with Crippen LogP contribution < -0.4 is 10.6 Å². The summed E-state index contributed by atoms with van der Waals surface area (Å²) < 4.78 is 39.4. The van der Waals surface area contributed by atoms with E-state index in [1.165, 1.54) is 4.90 Å². The lowest BCUT2D eigenvalue weighted by Crippen LogP contribution is -2.46. The van der Waals surface area contributed by atoms with E-state index >= 15 is 0 Å². The molecule has 0 bridgehead atoms. The maximum atomic E-state index is 12.5. The van der Waals surface area contributed by atoms with Crippen LogP contribution >= 0.6 is 0 Å². The number of alkyl halides is 3. The van der Waals surface area contributed by atoms with Crippen LogP contribution in [0, 0.1) is 19.8 Å². The number of hydrogen-bond donors (Lipinski definition) is 2. The average Bonchev–Trinajstić information content (AvgIpc) is 3.08. The lowest BCUT2D eigenvalue weighted by molar-refractivity contribution is -0.143. The first-order chi connectivity index (χ1) is 12.2. The molecule has 1 aromatic rings. The van der Waals surface area contributed by atoms with Crippen molar-refractivity contribution >= 4 is 5.96 Å². The Morgan fingerprint density at radius 3 is 2.73 bits per heavy atom. The molecule has 1 aliphatic heterocycles. The zero-order valence-corrected chi connectivity index (χ0v) is 15.9. The predicted molar refractivity (Wildman–Crippen MR) is 96.3 cm³/mol. The molecule has 2 atom stereocenters. The van der Waals surface area contributed by atoms with Gasteiger partial charge in [-0.3, -0.25) is 14.6 Å². The highest BCUT2D eigenvalue weighted by Gasteiger charge is 2.34. The van der Waals surface area contributed by atoms with Gasteiger partial charge in [-0.15, -0.1) is 0 Å². The van der Waals surface area contributed by atoms with Crippen LogP contribution in [0.1, 0.15) is 24.7 Å². The molecule has 148 valence electrons. The Kier molecular flexibility index (Phi) is 6.91. The average molecular weight is 374 g/mol. The van der Waals surface area contributed by atoms with E-state index in [4.69, 9.17) is 0 Å². The van der Waals surface area contributed by atoms with E-state index in [9.17, 15) is 13.2 Å². The van der Waals surface area contributed by atoms with E-state index in [1.807, 2.05) is 24.6 Å². The first kappa shape index (κ1) is 20.5. The number of aromatic nitrogens is 2. The molecule has 9 heteroatoms. The van der Waals surface area contributed by atoms with Crippen molar-refractivity contribution < 1.29 is 13.2 Å². The number of guanidine groups is 1. The molecule has 0 radical (unpaired) electrons. The van der Waals surface area contributed by atoms with Crippen LogP contribution in [0.4, 0.5) is 13.2 Å². The van der Waals surface area contributed by atoms with Crippen molar-refractivity contribution in [3.63, 3.8) is 0 Å². The second-order valence-corrected chi connectivity index (χ2v) is 7.15. The number of nitrogens with one attached hydrogen (secondary N) is 2. The Morgan fingerprint density at radius 2 is 2.15 bits per heavy atom. The van der Waals surface area contributed by atoms with Gasteiger partial charge in [0.05, 0.1) is 12.2 Å². The van der Waals surface area contributed by atoms with Crippen molar-refractivity contribution in [2.24, 2.45) is 10.9 Å². The van der Waals surface area contributed by atoms with E-state index < -0.39 is 12.7 Å². The Hall–Kier alpha value is -1.77. The number of nitrogens with zero attached hydrogens (tertiary/aromatic N) is 4. The van der Waals surface area contributed by atoms with Crippen molar-refractivity contribution in [2.45, 2.75) is 46.0 Å². The fraction of sp³-hybridized carbons (Fsp3) is 0.765. The fourth-order valence-electron chi connectivity index (χ4n) is 3.23. The Bertz CT molecular complexity index is 610. The van der Waals surface area contributed by atoms with Crippen LogP contribution in [0.3, 0.4) is 0 Å². The summed E-state index contributed by atoms with van der Waals surface area (Å²) in [7, 11) is 1.67. The minimum Gasteiger partial charge on any atom is -0.356 e. The molecule has 0 aliphatic carbocycles. The fourth-order valence-corrected chi connectivity index (χ4v) is 3.23. The van der Waals surface area contributed by atoms with Crippen LogP contribution in [0.15, 0.2) is 11.1 Å². The van der Waals surface area contributed by atoms with Crippen molar-refractivity contribution in [3.8, 4) is 0 Å². The maximum absolute atomic E-state index is 12.5. The molecule has 2 heterocycles. The van der Waals surface area contributed by atoms with Gasteiger partial charge in [0, 0.05) is 45.0 Å². The molecular weight excluding hydrogens is 345 g/mol. The van der Waals surface area contributed by atoms with Crippen molar-refractivity contribution in [2.75, 3.05) is 33.2 Å². The summed E-state index contributed by atoms with van der Waals surface area (Å²) in [5, 5.41) is 11.0. The van der Waals surface area contributed by atoms with Gasteiger partial charge in [0.2, 0.25) is 0 Å². The monoisotopic (exact) mass is 374 g/mol. The van der Waals surface area contributed by atoms with Crippen molar-refractivity contribution in [1.29, 1.82) is 0 Å². The van der Waals surface area contributed by atoms with Crippen molar-refractivity contribution in [1.82, 2.24) is 25.3 Å². The molecule has 1 saturated heterocycles. The third kappa shape index (κ3) is 6.51. The third-order valence-corrected chi connectivity index (χ3v) is 4.45. The molecule has 2 unspecified atom stereocenters. The number of rotatable bonds is 6. The van der Waals surface area contributed by atoms with Gasteiger partial charge in [0.25, 0.3) is 0 Å². The SMILES string of the molecule is CN=C(NCC(C)Cn1nc(C)cc1C)NC1CCN(CC(F)(F)F)C1. The highest BCUT2D eigenvalue weighted by molar-refractivity contribution is 5.80. The molecule has 1 fully saturated rings. The zero-order valence-electron chi connectivity index (χ0n) is 15.9. The van der Waals surface area contributed by atoms with Gasteiger partial charge in [-0.05, 0) is 32.3 Å². The summed E-state index contributed by atoms with van der Waals surface area (Å²) in [4.78, 5) is 5.61. The van der Waals surface area contributed by atoms with Gasteiger partial charge in [-0.1, -0.05) is 6.92 Å². The molecule has 0 aromatic carbocycles.